The number of hydrogen-bond donors (Lipinski definition) is 0. The molecule has 0 aliphatic carbocycles. The van der Waals surface area contributed by atoms with Crippen molar-refractivity contribution in [1.82, 2.24) is 19.2 Å². The third kappa shape index (κ3) is 3.33. The second kappa shape index (κ2) is 7.39. The van der Waals surface area contributed by atoms with E-state index in [4.69, 9.17) is 16.7 Å². The van der Waals surface area contributed by atoms with Gasteiger partial charge in [0.15, 0.2) is 0 Å². The molecule has 0 atom stereocenters. The Hall–Kier alpha value is -3.38. The summed E-state index contributed by atoms with van der Waals surface area (Å²) in [6.45, 7) is 4.94. The van der Waals surface area contributed by atoms with Crippen LogP contribution in [0, 0.1) is 19.7 Å². The number of rotatable bonds is 3. The van der Waals surface area contributed by atoms with E-state index in [1.807, 2.05) is 33.8 Å². The number of halogens is 2. The van der Waals surface area contributed by atoms with Crippen LogP contribution in [0.1, 0.15) is 32.7 Å². The van der Waals surface area contributed by atoms with Gasteiger partial charge in [-0.15, -0.1) is 0 Å². The molecule has 2 aromatic heterocycles. The molecular weight excluding hydrogens is 415 g/mol. The van der Waals surface area contributed by atoms with Crippen LogP contribution in [0.2, 0.25) is 5.02 Å². The van der Waals surface area contributed by atoms with Gasteiger partial charge in [-0.3, -0.25) is 4.79 Å². The quantitative estimate of drug-likeness (QED) is 0.443. The molecule has 0 unspecified atom stereocenters. The lowest BCUT2D eigenvalue weighted by molar-refractivity contribution is 0.0749. The molecule has 4 aromatic rings. The lowest BCUT2D eigenvalue weighted by Crippen LogP contribution is -2.26. The maximum Gasteiger partial charge on any atom is 0.256 e. The molecule has 31 heavy (non-hydrogen) atoms. The normalized spacial score (nSPS) is 13.0. The van der Waals surface area contributed by atoms with Crippen molar-refractivity contribution in [3.8, 4) is 11.5 Å². The van der Waals surface area contributed by atoms with Gasteiger partial charge in [0.2, 0.25) is 0 Å². The van der Waals surface area contributed by atoms with Crippen LogP contribution in [0.3, 0.4) is 0 Å². The van der Waals surface area contributed by atoms with Gasteiger partial charge in [0.1, 0.15) is 11.6 Å². The molecule has 156 valence electrons. The molecule has 0 spiro atoms. The minimum atomic E-state index is -0.467. The molecule has 0 saturated carbocycles. The summed E-state index contributed by atoms with van der Waals surface area (Å²) in [6, 6.07) is 14.0. The first-order chi connectivity index (χ1) is 14.9. The Bertz CT molecular complexity index is 1310. The number of fused-ring (bicyclic) bond motifs is 1. The summed E-state index contributed by atoms with van der Waals surface area (Å²) in [6.07, 6.45) is 3.94. The summed E-state index contributed by atoms with van der Waals surface area (Å²) in [4.78, 5) is 14.7. The Morgan fingerprint density at radius 3 is 2.52 bits per heavy atom. The van der Waals surface area contributed by atoms with Crippen molar-refractivity contribution in [2.45, 2.75) is 26.9 Å². The molecule has 7 heteroatoms. The molecule has 5 rings (SSSR count). The van der Waals surface area contributed by atoms with E-state index < -0.39 is 5.82 Å². The first-order valence-corrected chi connectivity index (χ1v) is 10.4. The van der Waals surface area contributed by atoms with Crippen LogP contribution >= 0.6 is 11.6 Å². The van der Waals surface area contributed by atoms with E-state index in [1.54, 1.807) is 4.90 Å². The van der Waals surface area contributed by atoms with Crippen LogP contribution in [0.25, 0.3) is 11.5 Å². The largest absolute Gasteiger partial charge is 0.328 e. The second-order valence-corrected chi connectivity index (χ2v) is 8.21. The summed E-state index contributed by atoms with van der Waals surface area (Å²) >= 11 is 6.12. The molecule has 1 aliphatic heterocycles. The van der Waals surface area contributed by atoms with Crippen molar-refractivity contribution in [2.24, 2.45) is 0 Å². The Balaban J connectivity index is 1.55. The fourth-order valence-corrected chi connectivity index (χ4v) is 4.21. The molecule has 3 heterocycles. The number of hydrogen-bond acceptors (Lipinski definition) is 2. The van der Waals surface area contributed by atoms with Gasteiger partial charge in [0.25, 0.3) is 5.91 Å². The number of carbonyl (C=O) groups excluding carboxylic acids is 1. The van der Waals surface area contributed by atoms with Gasteiger partial charge >= 0.3 is 0 Å². The topological polar surface area (TPSA) is 43.1 Å². The average molecular weight is 435 g/mol. The summed E-state index contributed by atoms with van der Waals surface area (Å²) in [5.74, 6) is 0.203. The van der Waals surface area contributed by atoms with Crippen LogP contribution in [-0.2, 0) is 13.1 Å². The van der Waals surface area contributed by atoms with Crippen molar-refractivity contribution in [3.63, 3.8) is 0 Å². The molecule has 0 saturated heterocycles. The van der Waals surface area contributed by atoms with Gasteiger partial charge < -0.3 is 9.47 Å². The molecule has 0 bridgehead atoms. The van der Waals surface area contributed by atoms with Crippen LogP contribution < -0.4 is 0 Å². The monoisotopic (exact) mass is 434 g/mol. The summed E-state index contributed by atoms with van der Waals surface area (Å²) in [5, 5.41) is 4.97. The van der Waals surface area contributed by atoms with Gasteiger partial charge in [-0.1, -0.05) is 17.7 Å². The maximum absolute atomic E-state index is 13.4. The lowest BCUT2D eigenvalue weighted by Gasteiger charge is -2.18. The van der Waals surface area contributed by atoms with Crippen molar-refractivity contribution in [3.05, 3.63) is 99.7 Å². The van der Waals surface area contributed by atoms with Crippen molar-refractivity contribution < 1.29 is 9.18 Å². The van der Waals surface area contributed by atoms with Gasteiger partial charge in [-0.2, -0.15) is 5.10 Å². The molecule has 1 amide bonds. The predicted molar refractivity (Wildman–Crippen MR) is 117 cm³/mol. The highest BCUT2D eigenvalue weighted by Gasteiger charge is 2.32. The Morgan fingerprint density at radius 1 is 1.03 bits per heavy atom. The number of aromatic nitrogens is 3. The summed E-state index contributed by atoms with van der Waals surface area (Å²) < 4.78 is 17.3. The molecule has 1 aliphatic rings. The zero-order valence-corrected chi connectivity index (χ0v) is 17.9. The minimum Gasteiger partial charge on any atom is -0.328 e. The van der Waals surface area contributed by atoms with E-state index in [1.165, 1.54) is 23.3 Å². The highest BCUT2D eigenvalue weighted by Crippen LogP contribution is 2.32. The Labute approximate surface area is 184 Å². The standard InChI is InChI=1S/C24H20ClFN4O/c1-15-5-7-18(11-16(15)2)30-23(28-9-3-4-10-28)20-13-29(14-22(20)27-30)24(31)19-8-6-17(26)12-21(19)25/h3-12H,13-14H2,1-2H3. The third-order valence-electron chi connectivity index (χ3n) is 5.76. The maximum atomic E-state index is 13.4. The molecule has 0 N–H and O–H groups in total. The van der Waals surface area contributed by atoms with Gasteiger partial charge in [-0.25, -0.2) is 9.07 Å². The van der Waals surface area contributed by atoms with Crippen molar-refractivity contribution in [2.75, 3.05) is 0 Å². The SMILES string of the molecule is Cc1ccc(-n2nc3c(c2-n2cccc2)CN(C(=O)c2ccc(F)cc2Cl)C3)cc1C. The first-order valence-electron chi connectivity index (χ1n) is 9.98. The van der Waals surface area contributed by atoms with E-state index in [-0.39, 0.29) is 16.5 Å². The van der Waals surface area contributed by atoms with Crippen LogP contribution in [-0.4, -0.2) is 25.2 Å². The van der Waals surface area contributed by atoms with Gasteiger partial charge in [-0.05, 0) is 67.4 Å². The molecule has 0 radical (unpaired) electrons. The number of aryl methyl sites for hydroxylation is 2. The van der Waals surface area contributed by atoms with Crippen molar-refractivity contribution in [1.29, 1.82) is 0 Å². The lowest BCUT2D eigenvalue weighted by atomic mass is 10.1. The van der Waals surface area contributed by atoms with Crippen LogP contribution in [0.4, 0.5) is 4.39 Å². The zero-order valence-electron chi connectivity index (χ0n) is 17.1. The van der Waals surface area contributed by atoms with Crippen LogP contribution in [0.5, 0.6) is 0 Å². The fraction of sp³-hybridized carbons (Fsp3) is 0.167. The van der Waals surface area contributed by atoms with Gasteiger partial charge in [0.05, 0.1) is 35.1 Å². The van der Waals surface area contributed by atoms with Gasteiger partial charge in [0, 0.05) is 18.0 Å². The van der Waals surface area contributed by atoms with E-state index in [9.17, 15) is 9.18 Å². The number of amides is 1. The van der Waals surface area contributed by atoms with E-state index in [0.717, 1.165) is 28.8 Å². The number of nitrogens with zero attached hydrogens (tertiary/aromatic N) is 4. The Morgan fingerprint density at radius 2 is 1.81 bits per heavy atom. The molecule has 0 fully saturated rings. The average Bonchev–Trinajstić information content (AvgIpc) is 3.45. The Kier molecular flexibility index (Phi) is 4.67. The summed E-state index contributed by atoms with van der Waals surface area (Å²) in [7, 11) is 0. The zero-order chi connectivity index (χ0) is 21.7. The minimum absolute atomic E-state index is 0.111. The number of benzene rings is 2. The first kappa shape index (κ1) is 19.6. The molecule has 5 nitrogen and oxygen atoms in total. The molecular formula is C24H20ClFN4O. The third-order valence-corrected chi connectivity index (χ3v) is 6.07. The highest BCUT2D eigenvalue weighted by molar-refractivity contribution is 6.33. The van der Waals surface area contributed by atoms with Crippen molar-refractivity contribution >= 4 is 17.5 Å². The fourth-order valence-electron chi connectivity index (χ4n) is 3.96. The smallest absolute Gasteiger partial charge is 0.256 e. The summed E-state index contributed by atoms with van der Waals surface area (Å²) in [5.41, 5.74) is 5.50. The highest BCUT2D eigenvalue weighted by atomic mass is 35.5. The second-order valence-electron chi connectivity index (χ2n) is 7.80. The molecule has 2 aromatic carbocycles. The van der Waals surface area contributed by atoms with E-state index in [2.05, 4.69) is 32.0 Å². The van der Waals surface area contributed by atoms with E-state index in [0.29, 0.717) is 13.1 Å². The predicted octanol–water partition coefficient (Wildman–Crippen LogP) is 5.23. The van der Waals surface area contributed by atoms with Crippen LogP contribution in [0.15, 0.2) is 60.9 Å². The number of carbonyl (C=O) groups is 1. The van der Waals surface area contributed by atoms with E-state index >= 15 is 0 Å².